The Bertz CT molecular complexity index is 664. The third kappa shape index (κ3) is 5.65. The van der Waals surface area contributed by atoms with Crippen LogP contribution in [0.25, 0.3) is 0 Å². The van der Waals surface area contributed by atoms with Gasteiger partial charge in [0.25, 0.3) is 0 Å². The van der Waals surface area contributed by atoms with Crippen molar-refractivity contribution in [1.29, 1.82) is 0 Å². The second-order valence-electron chi connectivity index (χ2n) is 6.01. The predicted molar refractivity (Wildman–Crippen MR) is 92.1 cm³/mol. The molecule has 0 aliphatic carbocycles. The molecule has 1 amide bonds. The molecule has 0 unspecified atom stereocenters. The Labute approximate surface area is 141 Å². The fraction of sp³-hybridized carbons (Fsp3) is 0.316. The lowest BCUT2D eigenvalue weighted by atomic mass is 10.0. The molecule has 24 heavy (non-hydrogen) atoms. The summed E-state index contributed by atoms with van der Waals surface area (Å²) >= 11 is 0. The molecule has 2 rings (SSSR count). The largest absolute Gasteiger partial charge is 0.376 e. The third-order valence-corrected chi connectivity index (χ3v) is 3.70. The van der Waals surface area contributed by atoms with E-state index in [0.717, 1.165) is 30.2 Å². The number of carbonyl (C=O) groups excluding carboxylic acids is 1. The maximum absolute atomic E-state index is 13.0. The van der Waals surface area contributed by atoms with Crippen LogP contribution in [0.1, 0.15) is 30.9 Å². The third-order valence-electron chi connectivity index (χ3n) is 3.70. The minimum Gasteiger partial charge on any atom is -0.376 e. The molecule has 0 spiro atoms. The molecule has 0 aliphatic rings. The van der Waals surface area contributed by atoms with E-state index in [0.29, 0.717) is 12.5 Å². The van der Waals surface area contributed by atoms with Crippen molar-refractivity contribution >= 4 is 11.6 Å². The van der Waals surface area contributed by atoms with Crippen LogP contribution in [0.2, 0.25) is 0 Å². The van der Waals surface area contributed by atoms with Crippen LogP contribution < -0.4 is 10.6 Å². The highest BCUT2D eigenvalue weighted by molar-refractivity contribution is 5.80. The number of anilines is 1. The van der Waals surface area contributed by atoms with Gasteiger partial charge >= 0.3 is 0 Å². The summed E-state index contributed by atoms with van der Waals surface area (Å²) < 4.78 is 26.1. The summed E-state index contributed by atoms with van der Waals surface area (Å²) in [5.74, 6) is -1.08. The van der Waals surface area contributed by atoms with E-state index in [4.69, 9.17) is 0 Å². The summed E-state index contributed by atoms with van der Waals surface area (Å²) in [7, 11) is 0. The molecule has 0 bridgehead atoms. The van der Waals surface area contributed by atoms with Crippen molar-refractivity contribution in [3.05, 3.63) is 65.2 Å². The van der Waals surface area contributed by atoms with Crippen LogP contribution in [0.15, 0.2) is 42.5 Å². The number of hydrogen-bond donors (Lipinski definition) is 2. The second kappa shape index (κ2) is 8.43. The molecule has 128 valence electrons. The second-order valence-corrected chi connectivity index (χ2v) is 6.01. The molecule has 3 nitrogen and oxygen atoms in total. The molecule has 0 aromatic heterocycles. The van der Waals surface area contributed by atoms with Crippen molar-refractivity contribution in [2.75, 3.05) is 18.4 Å². The van der Waals surface area contributed by atoms with E-state index in [1.807, 2.05) is 0 Å². The van der Waals surface area contributed by atoms with Crippen LogP contribution in [0, 0.1) is 11.6 Å². The molecule has 2 aromatic carbocycles. The minimum atomic E-state index is -0.678. The minimum absolute atomic E-state index is 0.0326. The van der Waals surface area contributed by atoms with Crippen molar-refractivity contribution in [2.24, 2.45) is 0 Å². The fourth-order valence-corrected chi connectivity index (χ4v) is 2.32. The van der Waals surface area contributed by atoms with Crippen LogP contribution in [0.5, 0.6) is 0 Å². The molecule has 0 radical (unpaired) electrons. The summed E-state index contributed by atoms with van der Waals surface area (Å²) in [5, 5.41) is 5.48. The van der Waals surface area contributed by atoms with Gasteiger partial charge in [0.05, 0.1) is 6.54 Å². The van der Waals surface area contributed by atoms with Gasteiger partial charge in [-0.3, -0.25) is 4.79 Å². The van der Waals surface area contributed by atoms with E-state index in [9.17, 15) is 13.6 Å². The van der Waals surface area contributed by atoms with E-state index in [-0.39, 0.29) is 18.1 Å². The quantitative estimate of drug-likeness (QED) is 0.808. The van der Waals surface area contributed by atoms with Gasteiger partial charge in [0.15, 0.2) is 0 Å². The first-order valence-electron chi connectivity index (χ1n) is 7.99. The fourth-order valence-electron chi connectivity index (χ4n) is 2.32. The number of halogens is 2. The van der Waals surface area contributed by atoms with E-state index in [2.05, 4.69) is 48.7 Å². The Balaban J connectivity index is 1.73. The molecule has 0 saturated heterocycles. The molecule has 2 aromatic rings. The lowest BCUT2D eigenvalue weighted by Gasteiger charge is -2.09. The highest BCUT2D eigenvalue weighted by Crippen LogP contribution is 2.15. The molecule has 0 saturated carbocycles. The van der Waals surface area contributed by atoms with Gasteiger partial charge in [0.2, 0.25) is 5.91 Å². The maximum atomic E-state index is 13.0. The zero-order valence-corrected chi connectivity index (χ0v) is 13.9. The van der Waals surface area contributed by atoms with E-state index < -0.39 is 11.6 Å². The SMILES string of the molecule is CC(C)c1ccc(CCNC(=O)CNc2cc(F)cc(F)c2)cc1. The van der Waals surface area contributed by atoms with Crippen LogP contribution in [-0.4, -0.2) is 19.0 Å². The van der Waals surface area contributed by atoms with Gasteiger partial charge in [-0.15, -0.1) is 0 Å². The van der Waals surface area contributed by atoms with Gasteiger partial charge < -0.3 is 10.6 Å². The van der Waals surface area contributed by atoms with Gasteiger partial charge in [0, 0.05) is 18.3 Å². The van der Waals surface area contributed by atoms with Gasteiger partial charge in [0.1, 0.15) is 11.6 Å². The zero-order chi connectivity index (χ0) is 17.5. The number of nitrogens with one attached hydrogen (secondary N) is 2. The molecule has 0 atom stereocenters. The predicted octanol–water partition coefficient (Wildman–Crippen LogP) is 3.86. The van der Waals surface area contributed by atoms with Crippen molar-refractivity contribution in [2.45, 2.75) is 26.2 Å². The monoisotopic (exact) mass is 332 g/mol. The van der Waals surface area contributed by atoms with Gasteiger partial charge in [-0.2, -0.15) is 0 Å². The average Bonchev–Trinajstić information content (AvgIpc) is 2.52. The molecule has 0 heterocycles. The normalized spacial score (nSPS) is 10.7. The van der Waals surface area contributed by atoms with Gasteiger partial charge in [-0.1, -0.05) is 38.1 Å². The first kappa shape index (κ1) is 17.9. The molecule has 0 aliphatic heterocycles. The standard InChI is InChI=1S/C19H22F2N2O/c1-13(2)15-5-3-14(4-6-15)7-8-22-19(24)12-23-18-10-16(20)9-17(21)11-18/h3-6,9-11,13,23H,7-8,12H2,1-2H3,(H,22,24). The molecular weight excluding hydrogens is 310 g/mol. The molecule has 0 fully saturated rings. The first-order chi connectivity index (χ1) is 11.4. The van der Waals surface area contributed by atoms with E-state index in [1.54, 1.807) is 0 Å². The Morgan fingerprint density at radius 1 is 1.04 bits per heavy atom. The number of rotatable bonds is 7. The van der Waals surface area contributed by atoms with Crippen LogP contribution in [0.3, 0.4) is 0 Å². The van der Waals surface area contributed by atoms with E-state index >= 15 is 0 Å². The number of carbonyl (C=O) groups is 1. The van der Waals surface area contributed by atoms with Crippen molar-refractivity contribution < 1.29 is 13.6 Å². The summed E-state index contributed by atoms with van der Waals surface area (Å²) in [6, 6.07) is 11.4. The number of amides is 1. The average molecular weight is 332 g/mol. The van der Waals surface area contributed by atoms with Crippen molar-refractivity contribution in [3.63, 3.8) is 0 Å². The highest BCUT2D eigenvalue weighted by Gasteiger charge is 2.04. The van der Waals surface area contributed by atoms with Crippen molar-refractivity contribution in [1.82, 2.24) is 5.32 Å². The lowest BCUT2D eigenvalue weighted by molar-refractivity contribution is -0.119. The Hall–Kier alpha value is -2.43. The van der Waals surface area contributed by atoms with Crippen molar-refractivity contribution in [3.8, 4) is 0 Å². The molecular formula is C19H22F2N2O. The Morgan fingerprint density at radius 2 is 1.67 bits per heavy atom. The van der Waals surface area contributed by atoms with Crippen LogP contribution in [-0.2, 0) is 11.2 Å². The smallest absolute Gasteiger partial charge is 0.239 e. The van der Waals surface area contributed by atoms with Gasteiger partial charge in [-0.05, 0) is 35.6 Å². The highest BCUT2D eigenvalue weighted by atomic mass is 19.1. The first-order valence-corrected chi connectivity index (χ1v) is 7.99. The van der Waals surface area contributed by atoms with Gasteiger partial charge in [-0.25, -0.2) is 8.78 Å². The maximum Gasteiger partial charge on any atom is 0.239 e. The number of hydrogen-bond acceptors (Lipinski definition) is 2. The molecule has 5 heteroatoms. The lowest BCUT2D eigenvalue weighted by Crippen LogP contribution is -2.31. The van der Waals surface area contributed by atoms with Crippen LogP contribution >= 0.6 is 0 Å². The summed E-state index contributed by atoms with van der Waals surface area (Å²) in [4.78, 5) is 11.8. The Kier molecular flexibility index (Phi) is 6.29. The zero-order valence-electron chi connectivity index (χ0n) is 13.9. The number of benzene rings is 2. The van der Waals surface area contributed by atoms with Crippen LogP contribution in [0.4, 0.5) is 14.5 Å². The summed E-state index contributed by atoms with van der Waals surface area (Å²) in [5.41, 5.74) is 2.68. The summed E-state index contributed by atoms with van der Waals surface area (Å²) in [6.45, 7) is 4.77. The topological polar surface area (TPSA) is 41.1 Å². The Morgan fingerprint density at radius 3 is 2.25 bits per heavy atom. The molecule has 2 N–H and O–H groups in total. The van der Waals surface area contributed by atoms with E-state index in [1.165, 1.54) is 5.56 Å². The summed E-state index contributed by atoms with van der Waals surface area (Å²) in [6.07, 6.45) is 0.735.